The number of aliphatic hydroxyl groups is 1. The third-order valence-corrected chi connectivity index (χ3v) is 3.57. The van der Waals surface area contributed by atoms with Crippen LogP contribution in [0.2, 0.25) is 0 Å². The van der Waals surface area contributed by atoms with Crippen molar-refractivity contribution in [3.63, 3.8) is 0 Å². The van der Waals surface area contributed by atoms with Crippen molar-refractivity contribution in [1.82, 2.24) is 4.98 Å². The van der Waals surface area contributed by atoms with Crippen molar-refractivity contribution >= 4 is 15.9 Å². The number of rotatable bonds is 5. The summed E-state index contributed by atoms with van der Waals surface area (Å²) in [4.78, 5) is 4.06. The monoisotopic (exact) mass is 299 g/mol. The number of aromatic nitrogens is 1. The van der Waals surface area contributed by atoms with Crippen LogP contribution in [-0.2, 0) is 4.74 Å². The normalized spacial score (nSPS) is 21.6. The van der Waals surface area contributed by atoms with Crippen LogP contribution in [0.1, 0.15) is 43.8 Å². The second kappa shape index (κ2) is 6.47. The Hall–Kier alpha value is -0.450. The molecule has 2 rings (SSSR count). The molecule has 1 aliphatic rings. The standard InChI is InChI=1S/C13H18BrNO2/c14-11-7-10(8-15-9-11)13(16)5-1-3-12-4-2-6-17-12/h7-9,12-13,16H,1-6H2. The van der Waals surface area contributed by atoms with Crippen LogP contribution in [0.3, 0.4) is 0 Å². The molecule has 17 heavy (non-hydrogen) atoms. The molecule has 0 amide bonds. The van der Waals surface area contributed by atoms with Crippen molar-refractivity contribution in [3.05, 3.63) is 28.5 Å². The topological polar surface area (TPSA) is 42.4 Å². The molecule has 1 aromatic heterocycles. The van der Waals surface area contributed by atoms with Crippen molar-refractivity contribution in [2.75, 3.05) is 6.61 Å². The minimum Gasteiger partial charge on any atom is -0.388 e. The zero-order valence-electron chi connectivity index (χ0n) is 9.81. The zero-order valence-corrected chi connectivity index (χ0v) is 11.4. The molecule has 0 aliphatic carbocycles. The lowest BCUT2D eigenvalue weighted by molar-refractivity contribution is 0.0944. The van der Waals surface area contributed by atoms with E-state index < -0.39 is 6.10 Å². The van der Waals surface area contributed by atoms with Gasteiger partial charge in [-0.1, -0.05) is 0 Å². The van der Waals surface area contributed by atoms with Gasteiger partial charge >= 0.3 is 0 Å². The van der Waals surface area contributed by atoms with Crippen LogP contribution in [-0.4, -0.2) is 22.8 Å². The molecule has 1 saturated heterocycles. The highest BCUT2D eigenvalue weighted by Crippen LogP contribution is 2.24. The first-order valence-electron chi connectivity index (χ1n) is 6.16. The highest BCUT2D eigenvalue weighted by Gasteiger charge is 2.16. The molecule has 0 aromatic carbocycles. The molecule has 1 aromatic rings. The lowest BCUT2D eigenvalue weighted by Gasteiger charge is -2.13. The Balaban J connectivity index is 1.74. The summed E-state index contributed by atoms with van der Waals surface area (Å²) in [5.74, 6) is 0. The Labute approximate surface area is 110 Å². The SMILES string of the molecule is OC(CCCC1CCCO1)c1cncc(Br)c1. The third-order valence-electron chi connectivity index (χ3n) is 3.14. The molecule has 2 heterocycles. The molecule has 2 unspecified atom stereocenters. The van der Waals surface area contributed by atoms with Gasteiger partial charge in [0.25, 0.3) is 0 Å². The summed E-state index contributed by atoms with van der Waals surface area (Å²) in [6.07, 6.45) is 8.64. The maximum absolute atomic E-state index is 10.0. The fourth-order valence-electron chi connectivity index (χ4n) is 2.19. The van der Waals surface area contributed by atoms with Crippen LogP contribution in [0, 0.1) is 0 Å². The van der Waals surface area contributed by atoms with Gasteiger partial charge in [-0.3, -0.25) is 4.98 Å². The summed E-state index contributed by atoms with van der Waals surface area (Å²) in [7, 11) is 0. The van der Waals surface area contributed by atoms with Gasteiger partial charge in [-0.05, 0) is 59.7 Å². The Morgan fingerprint density at radius 1 is 1.53 bits per heavy atom. The summed E-state index contributed by atoms with van der Waals surface area (Å²) < 4.78 is 6.47. The van der Waals surface area contributed by atoms with E-state index in [0.717, 1.165) is 35.9 Å². The van der Waals surface area contributed by atoms with E-state index in [9.17, 15) is 5.11 Å². The maximum Gasteiger partial charge on any atom is 0.0805 e. The number of nitrogens with zero attached hydrogens (tertiary/aromatic N) is 1. The van der Waals surface area contributed by atoms with Crippen LogP contribution in [0.25, 0.3) is 0 Å². The Kier molecular flexibility index (Phi) is 4.95. The van der Waals surface area contributed by atoms with Gasteiger partial charge < -0.3 is 9.84 Å². The average Bonchev–Trinajstić information content (AvgIpc) is 2.82. The smallest absolute Gasteiger partial charge is 0.0805 e. The number of pyridine rings is 1. The fraction of sp³-hybridized carbons (Fsp3) is 0.615. The summed E-state index contributed by atoms with van der Waals surface area (Å²) in [6, 6.07) is 1.92. The van der Waals surface area contributed by atoms with E-state index in [1.54, 1.807) is 12.4 Å². The number of aliphatic hydroxyl groups excluding tert-OH is 1. The quantitative estimate of drug-likeness (QED) is 0.908. The second-order valence-corrected chi connectivity index (χ2v) is 5.43. The van der Waals surface area contributed by atoms with Gasteiger partial charge in [0.05, 0.1) is 12.2 Å². The lowest BCUT2D eigenvalue weighted by Crippen LogP contribution is -2.06. The number of ether oxygens (including phenoxy) is 1. The van der Waals surface area contributed by atoms with E-state index in [2.05, 4.69) is 20.9 Å². The maximum atomic E-state index is 10.0. The molecule has 0 saturated carbocycles. The summed E-state index contributed by atoms with van der Waals surface area (Å²) in [6.45, 7) is 0.906. The van der Waals surface area contributed by atoms with E-state index in [1.165, 1.54) is 12.8 Å². The highest BCUT2D eigenvalue weighted by atomic mass is 79.9. The van der Waals surface area contributed by atoms with E-state index >= 15 is 0 Å². The van der Waals surface area contributed by atoms with E-state index in [0.29, 0.717) is 6.10 Å². The van der Waals surface area contributed by atoms with Crippen molar-refractivity contribution < 1.29 is 9.84 Å². The van der Waals surface area contributed by atoms with Gasteiger partial charge in [-0.25, -0.2) is 0 Å². The molecule has 4 heteroatoms. The predicted molar refractivity (Wildman–Crippen MR) is 69.7 cm³/mol. The first kappa shape index (κ1) is 13.0. The van der Waals surface area contributed by atoms with Crippen LogP contribution in [0.4, 0.5) is 0 Å². The first-order chi connectivity index (χ1) is 8.25. The first-order valence-corrected chi connectivity index (χ1v) is 6.95. The van der Waals surface area contributed by atoms with Crippen LogP contribution < -0.4 is 0 Å². The van der Waals surface area contributed by atoms with Crippen LogP contribution >= 0.6 is 15.9 Å². The van der Waals surface area contributed by atoms with Crippen molar-refractivity contribution in [1.29, 1.82) is 0 Å². The Morgan fingerprint density at radius 3 is 3.12 bits per heavy atom. The van der Waals surface area contributed by atoms with Crippen molar-refractivity contribution in [2.24, 2.45) is 0 Å². The largest absolute Gasteiger partial charge is 0.388 e. The third kappa shape index (κ3) is 4.05. The molecule has 1 N–H and O–H groups in total. The number of hydrogen-bond acceptors (Lipinski definition) is 3. The molecule has 0 radical (unpaired) electrons. The number of halogens is 1. The summed E-state index contributed by atoms with van der Waals surface area (Å²) >= 11 is 3.36. The van der Waals surface area contributed by atoms with E-state index in [-0.39, 0.29) is 0 Å². The molecule has 1 aliphatic heterocycles. The minimum atomic E-state index is -0.415. The van der Waals surface area contributed by atoms with Crippen molar-refractivity contribution in [3.8, 4) is 0 Å². The average molecular weight is 300 g/mol. The van der Waals surface area contributed by atoms with Crippen molar-refractivity contribution in [2.45, 2.75) is 44.3 Å². The zero-order chi connectivity index (χ0) is 12.1. The van der Waals surface area contributed by atoms with E-state index in [1.807, 2.05) is 6.07 Å². The van der Waals surface area contributed by atoms with Gasteiger partial charge in [-0.2, -0.15) is 0 Å². The lowest BCUT2D eigenvalue weighted by atomic mass is 10.0. The summed E-state index contributed by atoms with van der Waals surface area (Å²) in [5.41, 5.74) is 0.881. The van der Waals surface area contributed by atoms with Crippen LogP contribution in [0.5, 0.6) is 0 Å². The van der Waals surface area contributed by atoms with Gasteiger partial charge in [-0.15, -0.1) is 0 Å². The molecule has 94 valence electrons. The Bertz CT molecular complexity index is 353. The summed E-state index contributed by atoms with van der Waals surface area (Å²) in [5, 5.41) is 10.0. The van der Waals surface area contributed by atoms with Gasteiger partial charge in [0, 0.05) is 23.5 Å². The Morgan fingerprint density at radius 2 is 2.41 bits per heavy atom. The molecule has 0 spiro atoms. The molecule has 3 nitrogen and oxygen atoms in total. The second-order valence-electron chi connectivity index (χ2n) is 4.52. The van der Waals surface area contributed by atoms with Gasteiger partial charge in [0.1, 0.15) is 0 Å². The molecular formula is C13H18BrNO2. The fourth-order valence-corrected chi connectivity index (χ4v) is 2.57. The minimum absolute atomic E-state index is 0.415. The van der Waals surface area contributed by atoms with Crippen LogP contribution in [0.15, 0.2) is 22.9 Å². The molecule has 0 bridgehead atoms. The molecule has 1 fully saturated rings. The van der Waals surface area contributed by atoms with Gasteiger partial charge in [0.15, 0.2) is 0 Å². The highest BCUT2D eigenvalue weighted by molar-refractivity contribution is 9.10. The molecule has 2 atom stereocenters. The number of hydrogen-bond donors (Lipinski definition) is 1. The van der Waals surface area contributed by atoms with E-state index in [4.69, 9.17) is 4.74 Å². The van der Waals surface area contributed by atoms with Gasteiger partial charge in [0.2, 0.25) is 0 Å². The predicted octanol–water partition coefficient (Wildman–Crippen LogP) is 3.23. The molecular weight excluding hydrogens is 282 g/mol.